The fourth-order valence-corrected chi connectivity index (χ4v) is 3.09. The fourth-order valence-electron chi connectivity index (χ4n) is 2.01. The zero-order valence-corrected chi connectivity index (χ0v) is 12.4. The number of sulfonamides is 1. The maximum atomic E-state index is 12.3. The first-order valence-electron chi connectivity index (χ1n) is 6.44. The van der Waals surface area contributed by atoms with E-state index >= 15 is 0 Å². The lowest BCUT2D eigenvalue weighted by Gasteiger charge is -2.08. The van der Waals surface area contributed by atoms with Gasteiger partial charge >= 0.3 is 0 Å². The molecule has 0 aliphatic rings. The van der Waals surface area contributed by atoms with E-state index in [1.807, 2.05) is 0 Å². The van der Waals surface area contributed by atoms with Gasteiger partial charge in [-0.3, -0.25) is 24.8 Å². The summed E-state index contributed by atoms with van der Waals surface area (Å²) in [6.07, 6.45) is 3.04. The van der Waals surface area contributed by atoms with Gasteiger partial charge in [-0.1, -0.05) is 6.07 Å². The third-order valence-electron chi connectivity index (χ3n) is 3.06. The van der Waals surface area contributed by atoms with Crippen LogP contribution >= 0.6 is 0 Å². The topological polar surface area (TPSA) is 115 Å². The van der Waals surface area contributed by atoms with Crippen LogP contribution in [-0.2, 0) is 10.0 Å². The highest BCUT2D eigenvalue weighted by Crippen LogP contribution is 2.22. The molecule has 0 fully saturated rings. The molecule has 1 N–H and O–H groups in total. The Morgan fingerprint density at radius 3 is 2.48 bits per heavy atom. The highest BCUT2D eigenvalue weighted by Gasteiger charge is 2.18. The summed E-state index contributed by atoms with van der Waals surface area (Å²) < 4.78 is 27.1. The van der Waals surface area contributed by atoms with Crippen LogP contribution in [-0.4, -0.2) is 23.3 Å². The van der Waals surface area contributed by atoms with E-state index in [4.69, 9.17) is 0 Å². The van der Waals surface area contributed by atoms with E-state index in [0.717, 1.165) is 6.07 Å². The number of aromatic nitrogens is 2. The van der Waals surface area contributed by atoms with Crippen molar-refractivity contribution in [1.82, 2.24) is 9.97 Å². The molecule has 1 heterocycles. The standard InChI is InChI=1S/C14H10N4O4S/c19-18(20)11-2-1-3-12(9-11)23(21,22)17-10-4-5-13-14(8-10)16-7-6-15-13/h1-9,17H. The van der Waals surface area contributed by atoms with Crippen molar-refractivity contribution >= 4 is 32.4 Å². The smallest absolute Gasteiger partial charge is 0.270 e. The molecule has 116 valence electrons. The van der Waals surface area contributed by atoms with Crippen molar-refractivity contribution in [3.05, 3.63) is 65.0 Å². The van der Waals surface area contributed by atoms with E-state index < -0.39 is 14.9 Å². The van der Waals surface area contributed by atoms with Crippen molar-refractivity contribution < 1.29 is 13.3 Å². The molecule has 3 rings (SSSR count). The van der Waals surface area contributed by atoms with Crippen molar-refractivity contribution in [3.8, 4) is 0 Å². The van der Waals surface area contributed by atoms with E-state index in [2.05, 4.69) is 14.7 Å². The predicted molar refractivity (Wildman–Crippen MR) is 83.4 cm³/mol. The van der Waals surface area contributed by atoms with Gasteiger partial charge in [-0.05, 0) is 24.3 Å². The number of rotatable bonds is 4. The van der Waals surface area contributed by atoms with Crippen molar-refractivity contribution in [1.29, 1.82) is 0 Å². The second-order valence-corrected chi connectivity index (χ2v) is 6.30. The normalized spacial score (nSPS) is 11.3. The molecule has 3 aromatic rings. The quantitative estimate of drug-likeness (QED) is 0.580. The molecule has 0 bridgehead atoms. The molecule has 0 spiro atoms. The Morgan fingerprint density at radius 1 is 1.00 bits per heavy atom. The Labute approximate surface area is 131 Å². The van der Waals surface area contributed by atoms with Gasteiger partial charge in [0.2, 0.25) is 0 Å². The Morgan fingerprint density at radius 2 is 1.74 bits per heavy atom. The Kier molecular flexibility index (Phi) is 3.62. The van der Waals surface area contributed by atoms with Crippen molar-refractivity contribution in [2.24, 2.45) is 0 Å². The summed E-state index contributed by atoms with van der Waals surface area (Å²) in [6, 6.07) is 9.55. The van der Waals surface area contributed by atoms with E-state index in [1.165, 1.54) is 36.7 Å². The number of nitrogens with one attached hydrogen (secondary N) is 1. The Bertz CT molecular complexity index is 1000. The van der Waals surface area contributed by atoms with Crippen molar-refractivity contribution in [3.63, 3.8) is 0 Å². The minimum absolute atomic E-state index is 0.189. The van der Waals surface area contributed by atoms with Gasteiger partial charge in [0.25, 0.3) is 15.7 Å². The molecule has 9 heteroatoms. The molecule has 23 heavy (non-hydrogen) atoms. The first kappa shape index (κ1) is 14.9. The minimum Gasteiger partial charge on any atom is -0.280 e. The predicted octanol–water partition coefficient (Wildman–Crippen LogP) is 2.34. The zero-order chi connectivity index (χ0) is 16.4. The Balaban J connectivity index is 1.96. The van der Waals surface area contributed by atoms with E-state index in [-0.39, 0.29) is 10.6 Å². The number of nitro groups is 1. The molecule has 1 aromatic heterocycles. The number of hydrogen-bond acceptors (Lipinski definition) is 6. The van der Waals surface area contributed by atoms with Gasteiger partial charge in [0.1, 0.15) is 0 Å². The number of benzene rings is 2. The van der Waals surface area contributed by atoms with Crippen LogP contribution in [0.15, 0.2) is 59.8 Å². The van der Waals surface area contributed by atoms with Gasteiger partial charge in [-0.25, -0.2) is 8.42 Å². The van der Waals surface area contributed by atoms with Crippen LogP contribution in [0.2, 0.25) is 0 Å². The molecule has 0 aliphatic heterocycles. The lowest BCUT2D eigenvalue weighted by Crippen LogP contribution is -2.13. The third kappa shape index (κ3) is 3.09. The second-order valence-electron chi connectivity index (χ2n) is 4.62. The van der Waals surface area contributed by atoms with Crippen molar-refractivity contribution in [2.45, 2.75) is 4.90 Å². The molecule has 0 unspecified atom stereocenters. The Hall–Kier alpha value is -3.07. The van der Waals surface area contributed by atoms with Gasteiger partial charge in [-0.2, -0.15) is 0 Å². The molecular weight excluding hydrogens is 320 g/mol. The lowest BCUT2D eigenvalue weighted by atomic mass is 10.3. The number of fused-ring (bicyclic) bond motifs is 1. The largest absolute Gasteiger partial charge is 0.280 e. The lowest BCUT2D eigenvalue weighted by molar-refractivity contribution is -0.385. The molecular formula is C14H10N4O4S. The van der Waals surface area contributed by atoms with Crippen LogP contribution in [0, 0.1) is 10.1 Å². The summed E-state index contributed by atoms with van der Waals surface area (Å²) >= 11 is 0. The number of nitrogens with zero attached hydrogens (tertiary/aromatic N) is 3. The average Bonchev–Trinajstić information content (AvgIpc) is 2.54. The van der Waals surface area contributed by atoms with Gasteiger partial charge in [0.15, 0.2) is 0 Å². The van der Waals surface area contributed by atoms with Gasteiger partial charge in [0, 0.05) is 24.5 Å². The SMILES string of the molecule is O=[N+]([O-])c1cccc(S(=O)(=O)Nc2ccc3nccnc3c2)c1. The van der Waals surface area contributed by atoms with E-state index in [1.54, 1.807) is 12.1 Å². The maximum absolute atomic E-state index is 12.3. The summed E-state index contributed by atoms with van der Waals surface area (Å²) in [7, 11) is -3.94. The first-order chi connectivity index (χ1) is 11.0. The first-order valence-corrected chi connectivity index (χ1v) is 7.92. The molecule has 0 saturated heterocycles. The van der Waals surface area contributed by atoms with Crippen LogP contribution in [0.25, 0.3) is 11.0 Å². The van der Waals surface area contributed by atoms with Crippen LogP contribution in [0.4, 0.5) is 11.4 Å². The van der Waals surface area contributed by atoms with Crippen LogP contribution in [0.1, 0.15) is 0 Å². The summed E-state index contributed by atoms with van der Waals surface area (Å²) in [6.45, 7) is 0. The second kappa shape index (κ2) is 5.61. The van der Waals surface area contributed by atoms with Gasteiger partial charge in [0.05, 0.1) is 26.5 Å². The van der Waals surface area contributed by atoms with Crippen molar-refractivity contribution in [2.75, 3.05) is 4.72 Å². The summed E-state index contributed by atoms with van der Waals surface area (Å²) in [5.74, 6) is 0. The summed E-state index contributed by atoms with van der Waals surface area (Å²) in [5.41, 5.74) is 1.17. The molecule has 0 amide bonds. The summed E-state index contributed by atoms with van der Waals surface area (Å²) in [5, 5.41) is 10.8. The zero-order valence-electron chi connectivity index (χ0n) is 11.6. The van der Waals surface area contributed by atoms with Crippen LogP contribution < -0.4 is 4.72 Å². The third-order valence-corrected chi connectivity index (χ3v) is 4.44. The highest BCUT2D eigenvalue weighted by atomic mass is 32.2. The highest BCUT2D eigenvalue weighted by molar-refractivity contribution is 7.92. The van der Waals surface area contributed by atoms with Gasteiger partial charge < -0.3 is 0 Å². The molecule has 0 saturated carbocycles. The van der Waals surface area contributed by atoms with E-state index in [0.29, 0.717) is 16.7 Å². The number of hydrogen-bond donors (Lipinski definition) is 1. The van der Waals surface area contributed by atoms with Gasteiger partial charge in [-0.15, -0.1) is 0 Å². The summed E-state index contributed by atoms with van der Waals surface area (Å²) in [4.78, 5) is 18.1. The average molecular weight is 330 g/mol. The minimum atomic E-state index is -3.94. The molecule has 2 aromatic carbocycles. The molecule has 0 radical (unpaired) electrons. The number of nitro benzene ring substituents is 1. The number of non-ortho nitro benzene ring substituents is 1. The van der Waals surface area contributed by atoms with Crippen LogP contribution in [0.3, 0.4) is 0 Å². The van der Waals surface area contributed by atoms with E-state index in [9.17, 15) is 18.5 Å². The fraction of sp³-hybridized carbons (Fsp3) is 0. The molecule has 0 aliphatic carbocycles. The maximum Gasteiger partial charge on any atom is 0.270 e. The molecule has 8 nitrogen and oxygen atoms in total. The molecule has 0 atom stereocenters. The van der Waals surface area contributed by atoms with Crippen LogP contribution in [0.5, 0.6) is 0 Å². The number of anilines is 1. The monoisotopic (exact) mass is 330 g/mol.